The molecule has 20 heavy (non-hydrogen) atoms. The van der Waals surface area contributed by atoms with E-state index in [4.69, 9.17) is 0 Å². The molecule has 0 saturated heterocycles. The summed E-state index contributed by atoms with van der Waals surface area (Å²) in [6.07, 6.45) is 5.80. The lowest BCUT2D eigenvalue weighted by Gasteiger charge is -1.99. The average Bonchev–Trinajstić information content (AvgIpc) is 3.11. The third-order valence-electron chi connectivity index (χ3n) is 2.95. The molecule has 6 heteroatoms. The Balaban J connectivity index is 1.73. The fourth-order valence-corrected chi connectivity index (χ4v) is 2.03. The number of para-hydroxylation sites is 1. The second kappa shape index (κ2) is 5.66. The lowest BCUT2D eigenvalue weighted by molar-refractivity contribution is 0.648. The largest absolute Gasteiger partial charge is 0.314 e. The average molecular weight is 268 g/mol. The highest BCUT2D eigenvalue weighted by Crippen LogP contribution is 2.08. The van der Waals surface area contributed by atoms with E-state index >= 15 is 0 Å². The van der Waals surface area contributed by atoms with Crippen molar-refractivity contribution in [3.63, 3.8) is 0 Å². The van der Waals surface area contributed by atoms with Crippen LogP contribution in [0.15, 0.2) is 48.9 Å². The zero-order valence-electron chi connectivity index (χ0n) is 11.3. The van der Waals surface area contributed by atoms with Crippen LogP contribution in [0.25, 0.3) is 5.69 Å². The van der Waals surface area contributed by atoms with Gasteiger partial charge in [0, 0.05) is 18.3 Å². The van der Waals surface area contributed by atoms with Gasteiger partial charge in [-0.1, -0.05) is 23.4 Å². The van der Waals surface area contributed by atoms with Gasteiger partial charge in [0.05, 0.1) is 30.3 Å². The van der Waals surface area contributed by atoms with E-state index in [0.717, 1.165) is 23.5 Å². The maximum atomic E-state index is 4.37. The Hall–Kier alpha value is -2.47. The Bertz CT molecular complexity index is 670. The summed E-state index contributed by atoms with van der Waals surface area (Å²) >= 11 is 0. The van der Waals surface area contributed by atoms with Gasteiger partial charge in [-0.15, -0.1) is 5.10 Å². The molecule has 2 aromatic heterocycles. The number of rotatable bonds is 5. The molecule has 0 atom stereocenters. The lowest BCUT2D eigenvalue weighted by Crippen LogP contribution is -2.05. The molecule has 0 saturated carbocycles. The summed E-state index contributed by atoms with van der Waals surface area (Å²) in [6.45, 7) is 1.40. The quantitative estimate of drug-likeness (QED) is 0.756. The van der Waals surface area contributed by atoms with Crippen LogP contribution in [0.3, 0.4) is 0 Å². The minimum Gasteiger partial charge on any atom is -0.314 e. The summed E-state index contributed by atoms with van der Waals surface area (Å²) in [5.74, 6) is 0. The molecule has 0 aliphatic heterocycles. The van der Waals surface area contributed by atoms with Crippen molar-refractivity contribution in [3.8, 4) is 5.69 Å². The molecule has 1 N–H and O–H groups in total. The fourth-order valence-electron chi connectivity index (χ4n) is 2.03. The topological polar surface area (TPSA) is 60.6 Å². The van der Waals surface area contributed by atoms with Gasteiger partial charge in [0.2, 0.25) is 0 Å². The molecule has 0 spiro atoms. The molecule has 3 aromatic rings. The standard InChI is InChI=1S/C14H16N6/c1-15-8-13-11-19(18-17-13)9-12-7-16-20(10-12)14-5-3-2-4-6-14/h2-7,10-11,15H,8-9H2,1H3. The van der Waals surface area contributed by atoms with Crippen LogP contribution >= 0.6 is 0 Å². The van der Waals surface area contributed by atoms with E-state index in [2.05, 4.69) is 20.7 Å². The number of nitrogens with one attached hydrogen (secondary N) is 1. The van der Waals surface area contributed by atoms with Gasteiger partial charge < -0.3 is 5.32 Å². The normalized spacial score (nSPS) is 10.8. The van der Waals surface area contributed by atoms with E-state index in [1.54, 1.807) is 0 Å². The Morgan fingerprint density at radius 1 is 1.15 bits per heavy atom. The van der Waals surface area contributed by atoms with Crippen molar-refractivity contribution in [1.29, 1.82) is 0 Å². The van der Waals surface area contributed by atoms with Gasteiger partial charge in [-0.2, -0.15) is 5.10 Å². The van der Waals surface area contributed by atoms with Crippen LogP contribution in [0, 0.1) is 0 Å². The molecule has 6 nitrogen and oxygen atoms in total. The summed E-state index contributed by atoms with van der Waals surface area (Å²) < 4.78 is 3.68. The zero-order chi connectivity index (χ0) is 13.8. The summed E-state index contributed by atoms with van der Waals surface area (Å²) in [4.78, 5) is 0. The molecule has 0 fully saturated rings. The highest BCUT2D eigenvalue weighted by atomic mass is 15.4. The molecular weight excluding hydrogens is 252 g/mol. The van der Waals surface area contributed by atoms with Gasteiger partial charge in [0.15, 0.2) is 0 Å². The van der Waals surface area contributed by atoms with Crippen LogP contribution in [-0.4, -0.2) is 31.8 Å². The Kier molecular flexibility index (Phi) is 3.56. The van der Waals surface area contributed by atoms with E-state index in [-0.39, 0.29) is 0 Å². The molecule has 0 aliphatic carbocycles. The molecule has 2 heterocycles. The van der Waals surface area contributed by atoms with Crippen LogP contribution < -0.4 is 5.32 Å². The number of benzene rings is 1. The predicted molar refractivity (Wildman–Crippen MR) is 75.5 cm³/mol. The van der Waals surface area contributed by atoms with Crippen molar-refractivity contribution < 1.29 is 0 Å². The van der Waals surface area contributed by atoms with Crippen molar-refractivity contribution >= 4 is 0 Å². The predicted octanol–water partition coefficient (Wildman–Crippen LogP) is 1.23. The highest BCUT2D eigenvalue weighted by Gasteiger charge is 2.04. The second-order valence-electron chi connectivity index (χ2n) is 4.57. The first-order valence-electron chi connectivity index (χ1n) is 6.48. The van der Waals surface area contributed by atoms with Gasteiger partial charge in [-0.25, -0.2) is 9.36 Å². The first-order valence-corrected chi connectivity index (χ1v) is 6.48. The second-order valence-corrected chi connectivity index (χ2v) is 4.57. The van der Waals surface area contributed by atoms with Crippen molar-refractivity contribution in [3.05, 3.63) is 60.2 Å². The third kappa shape index (κ3) is 2.75. The van der Waals surface area contributed by atoms with E-state index in [1.807, 2.05) is 65.3 Å². The summed E-state index contributed by atoms with van der Waals surface area (Å²) in [6, 6.07) is 10.0. The number of hydrogen-bond donors (Lipinski definition) is 1. The molecule has 0 radical (unpaired) electrons. The van der Waals surface area contributed by atoms with Crippen molar-refractivity contribution in [2.75, 3.05) is 7.05 Å². The molecular formula is C14H16N6. The van der Waals surface area contributed by atoms with E-state index in [9.17, 15) is 0 Å². The molecule has 0 amide bonds. The number of hydrogen-bond acceptors (Lipinski definition) is 4. The van der Waals surface area contributed by atoms with Gasteiger partial charge in [0.25, 0.3) is 0 Å². The van der Waals surface area contributed by atoms with E-state index in [1.165, 1.54) is 0 Å². The molecule has 3 rings (SSSR count). The van der Waals surface area contributed by atoms with E-state index in [0.29, 0.717) is 6.54 Å². The summed E-state index contributed by atoms with van der Waals surface area (Å²) in [5.41, 5.74) is 3.07. The maximum Gasteiger partial charge on any atom is 0.0964 e. The monoisotopic (exact) mass is 268 g/mol. The summed E-state index contributed by atoms with van der Waals surface area (Å²) in [7, 11) is 1.89. The molecule has 0 unspecified atom stereocenters. The smallest absolute Gasteiger partial charge is 0.0964 e. The van der Waals surface area contributed by atoms with Gasteiger partial charge in [-0.05, 0) is 19.2 Å². The minimum absolute atomic E-state index is 0.670. The molecule has 0 aliphatic rings. The van der Waals surface area contributed by atoms with Crippen LogP contribution in [0.2, 0.25) is 0 Å². The Morgan fingerprint density at radius 3 is 2.80 bits per heavy atom. The van der Waals surface area contributed by atoms with Gasteiger partial charge >= 0.3 is 0 Å². The van der Waals surface area contributed by atoms with Crippen molar-refractivity contribution in [2.24, 2.45) is 0 Å². The SMILES string of the molecule is CNCc1cn(Cc2cnn(-c3ccccc3)c2)nn1. The van der Waals surface area contributed by atoms with Crippen LogP contribution in [0.4, 0.5) is 0 Å². The molecule has 1 aromatic carbocycles. The fraction of sp³-hybridized carbons (Fsp3) is 0.214. The molecule has 0 bridgehead atoms. The zero-order valence-corrected chi connectivity index (χ0v) is 11.3. The maximum absolute atomic E-state index is 4.37. The van der Waals surface area contributed by atoms with Crippen LogP contribution in [0.1, 0.15) is 11.3 Å². The third-order valence-corrected chi connectivity index (χ3v) is 2.95. The highest BCUT2D eigenvalue weighted by molar-refractivity contribution is 5.30. The number of aromatic nitrogens is 5. The summed E-state index contributed by atoms with van der Waals surface area (Å²) in [5, 5.41) is 15.6. The van der Waals surface area contributed by atoms with Gasteiger partial charge in [0.1, 0.15) is 0 Å². The number of nitrogens with zero attached hydrogens (tertiary/aromatic N) is 5. The van der Waals surface area contributed by atoms with Crippen molar-refractivity contribution in [1.82, 2.24) is 30.1 Å². The van der Waals surface area contributed by atoms with Crippen LogP contribution in [-0.2, 0) is 13.1 Å². The Morgan fingerprint density at radius 2 is 2.00 bits per heavy atom. The first-order chi connectivity index (χ1) is 9.85. The van der Waals surface area contributed by atoms with Gasteiger partial charge in [-0.3, -0.25) is 0 Å². The Labute approximate surface area is 117 Å². The minimum atomic E-state index is 0.670. The molecule has 102 valence electrons. The van der Waals surface area contributed by atoms with Crippen LogP contribution in [0.5, 0.6) is 0 Å². The lowest BCUT2D eigenvalue weighted by atomic mass is 10.3. The van der Waals surface area contributed by atoms with E-state index < -0.39 is 0 Å². The van der Waals surface area contributed by atoms with Crippen molar-refractivity contribution in [2.45, 2.75) is 13.1 Å². The first kappa shape index (κ1) is 12.6.